The van der Waals surface area contributed by atoms with Crippen LogP contribution in [0.25, 0.3) is 88.8 Å². The van der Waals surface area contributed by atoms with E-state index < -0.39 is 0 Å². The molecule has 0 unspecified atom stereocenters. The molecule has 250 valence electrons. The minimum Gasteiger partial charge on any atom is -0.228 e. The molecule has 1 aliphatic rings. The van der Waals surface area contributed by atoms with E-state index in [4.69, 9.17) is 9.97 Å². The fraction of sp³-hybridized carbons (Fsp3) is 0.0588. The predicted octanol–water partition coefficient (Wildman–Crippen LogP) is 13.4. The summed E-state index contributed by atoms with van der Waals surface area (Å²) in [5.74, 6) is 0.712. The van der Waals surface area contributed by atoms with Crippen molar-refractivity contribution in [1.82, 2.24) is 9.97 Å². The Morgan fingerprint density at radius 2 is 0.962 bits per heavy atom. The SMILES string of the molecule is CC1(C)c2ccc(-c3ccc(-c4cc(-c5cccc(-c6ccccc6)c5)nc(-c5ccccc5)n4)c4ccccc34)cc2-c2c1ccc1ccccc21. The zero-order valence-electron chi connectivity index (χ0n) is 29.7. The van der Waals surface area contributed by atoms with Gasteiger partial charge in [-0.3, -0.25) is 0 Å². The van der Waals surface area contributed by atoms with Crippen LogP contribution in [0.1, 0.15) is 25.0 Å². The lowest BCUT2D eigenvalue weighted by atomic mass is 9.81. The van der Waals surface area contributed by atoms with Crippen LogP contribution in [0.2, 0.25) is 0 Å². The van der Waals surface area contributed by atoms with E-state index in [-0.39, 0.29) is 5.41 Å². The third kappa shape index (κ3) is 5.18. The Labute approximate surface area is 310 Å². The summed E-state index contributed by atoms with van der Waals surface area (Å²) in [6.45, 7) is 4.71. The van der Waals surface area contributed by atoms with E-state index in [9.17, 15) is 0 Å². The summed E-state index contributed by atoms with van der Waals surface area (Å²) in [5.41, 5.74) is 15.1. The number of fused-ring (bicyclic) bond motifs is 6. The molecular formula is C51H36N2. The molecule has 2 heteroatoms. The summed E-state index contributed by atoms with van der Waals surface area (Å²) in [6, 6.07) is 65.4. The van der Waals surface area contributed by atoms with Crippen molar-refractivity contribution in [2.24, 2.45) is 0 Å². The van der Waals surface area contributed by atoms with E-state index in [2.05, 4.69) is 178 Å². The van der Waals surface area contributed by atoms with Crippen molar-refractivity contribution in [2.75, 3.05) is 0 Å². The van der Waals surface area contributed by atoms with Gasteiger partial charge in [0.25, 0.3) is 0 Å². The molecule has 9 aromatic rings. The largest absolute Gasteiger partial charge is 0.228 e. The highest BCUT2D eigenvalue weighted by atomic mass is 14.9. The van der Waals surface area contributed by atoms with Crippen molar-refractivity contribution in [3.05, 3.63) is 193 Å². The first-order chi connectivity index (χ1) is 26.0. The van der Waals surface area contributed by atoms with Crippen LogP contribution in [0.5, 0.6) is 0 Å². The van der Waals surface area contributed by atoms with E-state index in [1.165, 1.54) is 60.5 Å². The second-order valence-corrected chi connectivity index (χ2v) is 14.6. The zero-order chi connectivity index (χ0) is 35.5. The van der Waals surface area contributed by atoms with Crippen molar-refractivity contribution >= 4 is 21.5 Å². The second kappa shape index (κ2) is 12.3. The van der Waals surface area contributed by atoms with Crippen molar-refractivity contribution in [1.29, 1.82) is 0 Å². The molecule has 0 saturated carbocycles. The Hall–Kier alpha value is -6.64. The Morgan fingerprint density at radius 1 is 0.358 bits per heavy atom. The van der Waals surface area contributed by atoms with Crippen LogP contribution in [-0.4, -0.2) is 9.97 Å². The van der Waals surface area contributed by atoms with Gasteiger partial charge in [-0.1, -0.05) is 178 Å². The van der Waals surface area contributed by atoms with Gasteiger partial charge in [-0.05, 0) is 84.3 Å². The lowest BCUT2D eigenvalue weighted by Gasteiger charge is -2.22. The van der Waals surface area contributed by atoms with Gasteiger partial charge in [-0.15, -0.1) is 0 Å². The second-order valence-electron chi connectivity index (χ2n) is 14.6. The fourth-order valence-electron chi connectivity index (χ4n) is 8.40. The van der Waals surface area contributed by atoms with Crippen molar-refractivity contribution in [3.63, 3.8) is 0 Å². The molecule has 0 radical (unpaired) electrons. The number of hydrogen-bond acceptors (Lipinski definition) is 2. The van der Waals surface area contributed by atoms with Crippen molar-refractivity contribution in [2.45, 2.75) is 19.3 Å². The number of hydrogen-bond donors (Lipinski definition) is 0. The molecular weight excluding hydrogens is 641 g/mol. The summed E-state index contributed by atoms with van der Waals surface area (Å²) in [4.78, 5) is 10.4. The van der Waals surface area contributed by atoms with Crippen molar-refractivity contribution < 1.29 is 0 Å². The van der Waals surface area contributed by atoms with Crippen LogP contribution < -0.4 is 0 Å². The van der Waals surface area contributed by atoms with Crippen LogP contribution >= 0.6 is 0 Å². The highest BCUT2D eigenvalue weighted by Gasteiger charge is 2.36. The number of benzene rings is 8. The summed E-state index contributed by atoms with van der Waals surface area (Å²) in [6.07, 6.45) is 0. The Balaban J connectivity index is 1.14. The summed E-state index contributed by atoms with van der Waals surface area (Å²) in [5, 5.41) is 4.96. The van der Waals surface area contributed by atoms with Crippen LogP contribution in [0, 0.1) is 0 Å². The molecule has 10 rings (SSSR count). The molecule has 0 fully saturated rings. The summed E-state index contributed by atoms with van der Waals surface area (Å²) in [7, 11) is 0. The molecule has 53 heavy (non-hydrogen) atoms. The van der Waals surface area contributed by atoms with Gasteiger partial charge < -0.3 is 0 Å². The maximum atomic E-state index is 5.24. The molecule has 2 nitrogen and oxygen atoms in total. The van der Waals surface area contributed by atoms with Crippen molar-refractivity contribution in [3.8, 4) is 67.3 Å². The third-order valence-electron chi connectivity index (χ3n) is 11.1. The molecule has 1 aliphatic carbocycles. The quantitative estimate of drug-likeness (QED) is 0.181. The first kappa shape index (κ1) is 31.1. The standard InChI is InChI=1S/C51H36N2/c1-51(2)45-28-25-37(31-44(45)49-40-21-10-9-16-34(40)24-29-46(49)51)39-26-27-43(42-23-12-11-22-41(39)42)48-32-47(52-50(53-48)35-17-7-4-8-18-35)38-20-13-19-36(30-38)33-14-5-3-6-15-33/h3-32H,1-2H3. The van der Waals surface area contributed by atoms with Gasteiger partial charge in [0.2, 0.25) is 0 Å². The molecule has 0 atom stereocenters. The van der Waals surface area contributed by atoms with Gasteiger partial charge in [0.1, 0.15) is 0 Å². The molecule has 1 aromatic heterocycles. The van der Waals surface area contributed by atoms with E-state index in [0.717, 1.165) is 33.6 Å². The van der Waals surface area contributed by atoms with E-state index in [1.54, 1.807) is 0 Å². The maximum Gasteiger partial charge on any atom is 0.160 e. The summed E-state index contributed by atoms with van der Waals surface area (Å²) < 4.78 is 0. The minimum absolute atomic E-state index is 0.0685. The normalized spacial score (nSPS) is 12.9. The van der Waals surface area contributed by atoms with E-state index >= 15 is 0 Å². The molecule has 0 spiro atoms. The first-order valence-electron chi connectivity index (χ1n) is 18.3. The van der Waals surface area contributed by atoms with Gasteiger partial charge >= 0.3 is 0 Å². The molecule has 8 aromatic carbocycles. The maximum absolute atomic E-state index is 5.24. The number of rotatable bonds is 5. The Morgan fingerprint density at radius 3 is 1.75 bits per heavy atom. The van der Waals surface area contributed by atoms with Gasteiger partial charge in [0.05, 0.1) is 11.4 Å². The monoisotopic (exact) mass is 676 g/mol. The van der Waals surface area contributed by atoms with E-state index in [1.807, 2.05) is 18.2 Å². The van der Waals surface area contributed by atoms with Gasteiger partial charge in [-0.25, -0.2) is 9.97 Å². The van der Waals surface area contributed by atoms with Crippen LogP contribution in [-0.2, 0) is 5.41 Å². The van der Waals surface area contributed by atoms with Crippen LogP contribution in [0.3, 0.4) is 0 Å². The predicted molar refractivity (Wildman–Crippen MR) is 222 cm³/mol. The smallest absolute Gasteiger partial charge is 0.160 e. The first-order valence-corrected chi connectivity index (χ1v) is 18.3. The molecule has 0 saturated heterocycles. The molecule has 0 aliphatic heterocycles. The highest BCUT2D eigenvalue weighted by molar-refractivity contribution is 6.07. The average molecular weight is 677 g/mol. The average Bonchev–Trinajstić information content (AvgIpc) is 3.46. The molecule has 1 heterocycles. The fourth-order valence-corrected chi connectivity index (χ4v) is 8.40. The Kier molecular flexibility index (Phi) is 7.19. The van der Waals surface area contributed by atoms with Gasteiger partial charge in [-0.2, -0.15) is 0 Å². The molecule has 0 bridgehead atoms. The van der Waals surface area contributed by atoms with Crippen LogP contribution in [0.4, 0.5) is 0 Å². The van der Waals surface area contributed by atoms with Gasteiger partial charge in [0.15, 0.2) is 5.82 Å². The Bertz CT molecular complexity index is 2850. The molecule has 0 N–H and O–H groups in total. The third-order valence-corrected chi connectivity index (χ3v) is 11.1. The van der Waals surface area contributed by atoms with Gasteiger partial charge in [0, 0.05) is 22.1 Å². The topological polar surface area (TPSA) is 25.8 Å². The lowest BCUT2D eigenvalue weighted by molar-refractivity contribution is 0.661. The number of nitrogens with zero attached hydrogens (tertiary/aromatic N) is 2. The molecule has 0 amide bonds. The summed E-state index contributed by atoms with van der Waals surface area (Å²) >= 11 is 0. The van der Waals surface area contributed by atoms with Crippen LogP contribution in [0.15, 0.2) is 182 Å². The number of aromatic nitrogens is 2. The highest BCUT2D eigenvalue weighted by Crippen LogP contribution is 2.52. The lowest BCUT2D eigenvalue weighted by Crippen LogP contribution is -2.14. The minimum atomic E-state index is -0.0685. The zero-order valence-corrected chi connectivity index (χ0v) is 29.7. The van der Waals surface area contributed by atoms with E-state index in [0.29, 0.717) is 5.82 Å².